The normalized spacial score (nSPS) is 24.4. The molecule has 1 unspecified atom stereocenters. The van der Waals surface area contributed by atoms with E-state index >= 15 is 0 Å². The summed E-state index contributed by atoms with van der Waals surface area (Å²) in [5, 5.41) is 0. The Labute approximate surface area is 115 Å². The Morgan fingerprint density at radius 1 is 1.21 bits per heavy atom. The first-order valence-electron chi connectivity index (χ1n) is 7.34. The van der Waals surface area contributed by atoms with Gasteiger partial charge in [-0.1, -0.05) is 19.1 Å². The molecular formula is C16H22N2O. The third kappa shape index (κ3) is 2.81. The standard InChI is InChI=1S/C16H22N2O/c1-13-8-10-17(11-13)12-14-4-6-15(7-5-14)18-9-2-3-16(18)19/h4-7,13H,2-3,8-12H2,1H3. The average molecular weight is 258 g/mol. The molecule has 1 aromatic carbocycles. The van der Waals surface area contributed by atoms with Gasteiger partial charge < -0.3 is 4.90 Å². The fourth-order valence-electron chi connectivity index (χ4n) is 3.13. The molecule has 2 aliphatic rings. The highest BCUT2D eigenvalue weighted by Gasteiger charge is 2.22. The van der Waals surface area contributed by atoms with E-state index in [4.69, 9.17) is 0 Å². The van der Waals surface area contributed by atoms with Crippen molar-refractivity contribution >= 4 is 11.6 Å². The predicted molar refractivity (Wildman–Crippen MR) is 77.1 cm³/mol. The summed E-state index contributed by atoms with van der Waals surface area (Å²) in [4.78, 5) is 16.1. The van der Waals surface area contributed by atoms with E-state index < -0.39 is 0 Å². The van der Waals surface area contributed by atoms with Crippen molar-refractivity contribution in [1.29, 1.82) is 0 Å². The summed E-state index contributed by atoms with van der Waals surface area (Å²) >= 11 is 0. The van der Waals surface area contributed by atoms with Crippen molar-refractivity contribution in [2.45, 2.75) is 32.7 Å². The average Bonchev–Trinajstić information content (AvgIpc) is 3.00. The van der Waals surface area contributed by atoms with E-state index in [-0.39, 0.29) is 5.91 Å². The number of hydrogen-bond acceptors (Lipinski definition) is 2. The van der Waals surface area contributed by atoms with Crippen molar-refractivity contribution < 1.29 is 4.79 Å². The zero-order chi connectivity index (χ0) is 13.2. The Bertz CT molecular complexity index is 454. The van der Waals surface area contributed by atoms with Crippen LogP contribution < -0.4 is 4.90 Å². The van der Waals surface area contributed by atoms with Gasteiger partial charge in [-0.15, -0.1) is 0 Å². The van der Waals surface area contributed by atoms with Crippen molar-refractivity contribution in [3.63, 3.8) is 0 Å². The third-order valence-corrected chi connectivity index (χ3v) is 4.24. The molecule has 2 fully saturated rings. The van der Waals surface area contributed by atoms with E-state index in [0.29, 0.717) is 6.42 Å². The maximum absolute atomic E-state index is 11.7. The largest absolute Gasteiger partial charge is 0.312 e. The van der Waals surface area contributed by atoms with E-state index in [1.807, 2.05) is 4.90 Å². The SMILES string of the molecule is CC1CCN(Cc2ccc(N3CCCC3=O)cc2)C1. The Hall–Kier alpha value is -1.35. The van der Waals surface area contributed by atoms with Gasteiger partial charge in [0, 0.05) is 31.7 Å². The molecule has 2 aliphatic heterocycles. The molecule has 0 saturated carbocycles. The molecule has 0 spiro atoms. The van der Waals surface area contributed by atoms with Crippen LogP contribution in [0.2, 0.25) is 0 Å². The number of carbonyl (C=O) groups excluding carboxylic acids is 1. The van der Waals surface area contributed by atoms with Crippen LogP contribution in [-0.2, 0) is 11.3 Å². The van der Waals surface area contributed by atoms with Crippen molar-refractivity contribution in [3.8, 4) is 0 Å². The second-order valence-corrected chi connectivity index (χ2v) is 5.94. The first kappa shape index (κ1) is 12.7. The zero-order valence-corrected chi connectivity index (χ0v) is 11.6. The molecule has 2 saturated heterocycles. The number of hydrogen-bond donors (Lipinski definition) is 0. The van der Waals surface area contributed by atoms with E-state index in [1.54, 1.807) is 0 Å². The number of rotatable bonds is 3. The molecule has 19 heavy (non-hydrogen) atoms. The summed E-state index contributed by atoms with van der Waals surface area (Å²) in [6.07, 6.45) is 3.01. The summed E-state index contributed by atoms with van der Waals surface area (Å²) in [6, 6.07) is 8.53. The zero-order valence-electron chi connectivity index (χ0n) is 11.6. The molecule has 1 aromatic rings. The first-order chi connectivity index (χ1) is 9.22. The fourth-order valence-corrected chi connectivity index (χ4v) is 3.13. The van der Waals surface area contributed by atoms with Crippen LogP contribution in [0.4, 0.5) is 5.69 Å². The Morgan fingerprint density at radius 3 is 2.58 bits per heavy atom. The second kappa shape index (κ2) is 5.33. The van der Waals surface area contributed by atoms with Crippen molar-refractivity contribution in [2.75, 3.05) is 24.5 Å². The predicted octanol–water partition coefficient (Wildman–Crippen LogP) is 2.66. The van der Waals surface area contributed by atoms with Crippen LogP contribution in [-0.4, -0.2) is 30.4 Å². The minimum atomic E-state index is 0.265. The number of benzene rings is 1. The van der Waals surface area contributed by atoms with Gasteiger partial charge in [0.25, 0.3) is 0 Å². The summed E-state index contributed by atoms with van der Waals surface area (Å²) in [5.41, 5.74) is 2.41. The number of likely N-dealkylation sites (tertiary alicyclic amines) is 1. The van der Waals surface area contributed by atoms with Gasteiger partial charge in [-0.05, 0) is 43.0 Å². The van der Waals surface area contributed by atoms with Gasteiger partial charge in [0.15, 0.2) is 0 Å². The number of amides is 1. The molecule has 3 rings (SSSR count). The second-order valence-electron chi connectivity index (χ2n) is 5.94. The van der Waals surface area contributed by atoms with Crippen LogP contribution in [0, 0.1) is 5.92 Å². The highest BCUT2D eigenvalue weighted by Crippen LogP contribution is 2.23. The van der Waals surface area contributed by atoms with Gasteiger partial charge in [-0.25, -0.2) is 0 Å². The molecule has 0 radical (unpaired) electrons. The van der Waals surface area contributed by atoms with Crippen LogP contribution in [0.15, 0.2) is 24.3 Å². The quantitative estimate of drug-likeness (QED) is 0.832. The molecule has 3 nitrogen and oxygen atoms in total. The smallest absolute Gasteiger partial charge is 0.227 e. The lowest BCUT2D eigenvalue weighted by Gasteiger charge is -2.18. The number of carbonyl (C=O) groups is 1. The summed E-state index contributed by atoms with van der Waals surface area (Å²) in [5.74, 6) is 1.10. The van der Waals surface area contributed by atoms with E-state index in [2.05, 4.69) is 36.1 Å². The highest BCUT2D eigenvalue weighted by molar-refractivity contribution is 5.95. The molecule has 3 heteroatoms. The molecule has 1 atom stereocenters. The monoisotopic (exact) mass is 258 g/mol. The minimum absolute atomic E-state index is 0.265. The van der Waals surface area contributed by atoms with Gasteiger partial charge in [0.05, 0.1) is 0 Å². The molecule has 0 bridgehead atoms. The van der Waals surface area contributed by atoms with E-state index in [1.165, 1.54) is 25.1 Å². The molecule has 102 valence electrons. The molecule has 0 N–H and O–H groups in total. The molecule has 2 heterocycles. The van der Waals surface area contributed by atoms with Crippen LogP contribution in [0.3, 0.4) is 0 Å². The lowest BCUT2D eigenvalue weighted by Crippen LogP contribution is -2.23. The van der Waals surface area contributed by atoms with Crippen molar-refractivity contribution in [2.24, 2.45) is 5.92 Å². The molecular weight excluding hydrogens is 236 g/mol. The van der Waals surface area contributed by atoms with Crippen molar-refractivity contribution in [3.05, 3.63) is 29.8 Å². The Kier molecular flexibility index (Phi) is 3.56. The number of nitrogens with zero attached hydrogens (tertiary/aromatic N) is 2. The summed E-state index contributed by atoms with van der Waals surface area (Å²) in [7, 11) is 0. The van der Waals surface area contributed by atoms with Gasteiger partial charge in [-0.3, -0.25) is 9.69 Å². The first-order valence-corrected chi connectivity index (χ1v) is 7.34. The maximum atomic E-state index is 11.7. The highest BCUT2D eigenvalue weighted by atomic mass is 16.2. The van der Waals surface area contributed by atoms with Gasteiger partial charge >= 0.3 is 0 Å². The van der Waals surface area contributed by atoms with Gasteiger partial charge in [-0.2, -0.15) is 0 Å². The van der Waals surface area contributed by atoms with Crippen LogP contribution >= 0.6 is 0 Å². The van der Waals surface area contributed by atoms with Crippen LogP contribution in [0.1, 0.15) is 31.7 Å². The van der Waals surface area contributed by atoms with E-state index in [9.17, 15) is 4.79 Å². The lowest BCUT2D eigenvalue weighted by molar-refractivity contribution is -0.117. The topological polar surface area (TPSA) is 23.6 Å². The Balaban J connectivity index is 1.64. The van der Waals surface area contributed by atoms with Gasteiger partial charge in [0.2, 0.25) is 5.91 Å². The van der Waals surface area contributed by atoms with Crippen LogP contribution in [0.25, 0.3) is 0 Å². The van der Waals surface area contributed by atoms with Crippen molar-refractivity contribution in [1.82, 2.24) is 4.90 Å². The third-order valence-electron chi connectivity index (χ3n) is 4.24. The fraction of sp³-hybridized carbons (Fsp3) is 0.562. The number of anilines is 1. The summed E-state index contributed by atoms with van der Waals surface area (Å²) < 4.78 is 0. The van der Waals surface area contributed by atoms with Gasteiger partial charge in [0.1, 0.15) is 0 Å². The maximum Gasteiger partial charge on any atom is 0.227 e. The Morgan fingerprint density at radius 2 is 2.00 bits per heavy atom. The molecule has 0 aromatic heterocycles. The molecule has 1 amide bonds. The minimum Gasteiger partial charge on any atom is -0.312 e. The molecule has 0 aliphatic carbocycles. The van der Waals surface area contributed by atoms with Crippen LogP contribution in [0.5, 0.6) is 0 Å². The lowest BCUT2D eigenvalue weighted by atomic mass is 10.1. The van der Waals surface area contributed by atoms with E-state index in [0.717, 1.165) is 31.1 Å². The summed E-state index contributed by atoms with van der Waals surface area (Å²) in [6.45, 7) is 6.67.